The predicted octanol–water partition coefficient (Wildman–Crippen LogP) is 3.91. The van der Waals surface area contributed by atoms with Crippen LogP contribution in [0.5, 0.6) is 0 Å². The summed E-state index contributed by atoms with van der Waals surface area (Å²) in [6.45, 7) is 1.97. The fourth-order valence-corrected chi connectivity index (χ4v) is 2.61. The molecule has 0 N–H and O–H groups in total. The van der Waals surface area contributed by atoms with Gasteiger partial charge in [-0.05, 0) is 42.8 Å². The number of halogens is 1. The van der Waals surface area contributed by atoms with Crippen molar-refractivity contribution in [2.45, 2.75) is 6.92 Å². The van der Waals surface area contributed by atoms with Crippen LogP contribution in [0.1, 0.15) is 5.56 Å². The molecule has 0 bridgehead atoms. The molecule has 3 heterocycles. The zero-order chi connectivity index (χ0) is 15.8. The van der Waals surface area contributed by atoms with E-state index < -0.39 is 0 Å². The first kappa shape index (κ1) is 13.6. The largest absolute Gasteiger partial charge is 0.264 e. The lowest BCUT2D eigenvalue weighted by molar-refractivity contribution is 0.628. The average Bonchev–Trinajstić information content (AvgIpc) is 2.94. The van der Waals surface area contributed by atoms with E-state index in [1.807, 2.05) is 31.5 Å². The Labute approximate surface area is 132 Å². The summed E-state index contributed by atoms with van der Waals surface area (Å²) in [5, 5.41) is 4.65. The Bertz CT molecular complexity index is 975. The lowest BCUT2D eigenvalue weighted by Crippen LogP contribution is -1.91. The van der Waals surface area contributed by atoms with Gasteiger partial charge in [-0.15, -0.1) is 0 Å². The predicted molar refractivity (Wildman–Crippen MR) is 86.3 cm³/mol. The van der Waals surface area contributed by atoms with Crippen molar-refractivity contribution in [2.24, 2.45) is 0 Å². The topological polar surface area (TPSA) is 43.1 Å². The first-order valence-corrected chi connectivity index (χ1v) is 7.24. The highest BCUT2D eigenvalue weighted by Crippen LogP contribution is 2.33. The zero-order valence-corrected chi connectivity index (χ0v) is 12.4. The molecule has 0 amide bonds. The lowest BCUT2D eigenvalue weighted by atomic mass is 10.0. The van der Waals surface area contributed by atoms with Crippen LogP contribution in [0.15, 0.2) is 61.2 Å². The zero-order valence-electron chi connectivity index (χ0n) is 12.4. The highest BCUT2D eigenvalue weighted by molar-refractivity contribution is 5.90. The third-order valence-corrected chi connectivity index (χ3v) is 3.67. The van der Waals surface area contributed by atoms with Crippen LogP contribution < -0.4 is 0 Å². The summed E-state index contributed by atoms with van der Waals surface area (Å²) in [4.78, 5) is 8.71. The van der Waals surface area contributed by atoms with E-state index in [0.717, 1.165) is 33.6 Å². The van der Waals surface area contributed by atoms with E-state index in [1.54, 1.807) is 29.0 Å². The van der Waals surface area contributed by atoms with E-state index in [9.17, 15) is 4.39 Å². The van der Waals surface area contributed by atoms with Gasteiger partial charge in [0, 0.05) is 35.9 Å². The Morgan fingerprint density at radius 2 is 1.83 bits per heavy atom. The van der Waals surface area contributed by atoms with Gasteiger partial charge in [0.05, 0.1) is 5.56 Å². The van der Waals surface area contributed by atoms with Gasteiger partial charge in [-0.3, -0.25) is 4.98 Å². The van der Waals surface area contributed by atoms with E-state index in [0.29, 0.717) is 0 Å². The third kappa shape index (κ3) is 2.36. The fourth-order valence-electron chi connectivity index (χ4n) is 2.61. The van der Waals surface area contributed by atoms with E-state index >= 15 is 0 Å². The second-order valence-electron chi connectivity index (χ2n) is 5.37. The summed E-state index contributed by atoms with van der Waals surface area (Å²) < 4.78 is 15.0. The van der Waals surface area contributed by atoms with Gasteiger partial charge in [0.15, 0.2) is 5.65 Å². The number of nitrogens with zero attached hydrogens (tertiary/aromatic N) is 4. The quantitative estimate of drug-likeness (QED) is 0.564. The Hall–Kier alpha value is -3.08. The molecular formula is C18H13FN4. The highest BCUT2D eigenvalue weighted by Gasteiger charge is 2.17. The van der Waals surface area contributed by atoms with Crippen LogP contribution in [-0.4, -0.2) is 19.6 Å². The van der Waals surface area contributed by atoms with Crippen LogP contribution in [0.4, 0.5) is 4.39 Å². The Kier molecular flexibility index (Phi) is 3.12. The number of aryl methyl sites for hydroxylation is 1. The third-order valence-electron chi connectivity index (χ3n) is 3.67. The molecule has 4 rings (SSSR count). The molecule has 1 aromatic carbocycles. The molecule has 0 radical (unpaired) electrons. The van der Waals surface area contributed by atoms with E-state index in [-0.39, 0.29) is 5.82 Å². The molecule has 0 saturated heterocycles. The lowest BCUT2D eigenvalue weighted by Gasteiger charge is -2.03. The first-order valence-electron chi connectivity index (χ1n) is 7.24. The smallest absolute Gasteiger partial charge is 0.163 e. The van der Waals surface area contributed by atoms with Crippen LogP contribution in [0.25, 0.3) is 28.0 Å². The minimum atomic E-state index is -0.269. The molecule has 0 atom stereocenters. The summed E-state index contributed by atoms with van der Waals surface area (Å²) >= 11 is 0. The summed E-state index contributed by atoms with van der Waals surface area (Å²) in [5.41, 5.74) is 5.19. The standard InChI is InChI=1S/C18H13FN4/c1-12-9-21-18-16(14-3-2-8-20-10-14)17(22-23(18)11-12)13-4-6-15(19)7-5-13/h2-11H,1H3. The number of pyridine rings is 1. The van der Waals surface area contributed by atoms with Crippen molar-refractivity contribution in [2.75, 3.05) is 0 Å². The maximum Gasteiger partial charge on any atom is 0.163 e. The second kappa shape index (κ2) is 5.28. The summed E-state index contributed by atoms with van der Waals surface area (Å²) in [7, 11) is 0. The van der Waals surface area contributed by atoms with Crippen molar-refractivity contribution in [3.63, 3.8) is 0 Å². The number of fused-ring (bicyclic) bond motifs is 1. The van der Waals surface area contributed by atoms with Crippen molar-refractivity contribution in [1.29, 1.82) is 0 Å². The SMILES string of the molecule is Cc1cnc2c(-c3cccnc3)c(-c3ccc(F)cc3)nn2c1. The van der Waals surface area contributed by atoms with Gasteiger partial charge in [-0.2, -0.15) is 5.10 Å². The molecule has 112 valence electrons. The van der Waals surface area contributed by atoms with Gasteiger partial charge in [0.25, 0.3) is 0 Å². The number of aromatic nitrogens is 4. The molecule has 4 aromatic rings. The van der Waals surface area contributed by atoms with Crippen LogP contribution >= 0.6 is 0 Å². The molecule has 3 aromatic heterocycles. The second-order valence-corrected chi connectivity index (χ2v) is 5.37. The van der Waals surface area contributed by atoms with Gasteiger partial charge in [0.2, 0.25) is 0 Å². The van der Waals surface area contributed by atoms with Crippen LogP contribution in [0.2, 0.25) is 0 Å². The van der Waals surface area contributed by atoms with Crippen LogP contribution in [0, 0.1) is 12.7 Å². The molecule has 0 unspecified atom stereocenters. The maximum atomic E-state index is 13.2. The fraction of sp³-hybridized carbons (Fsp3) is 0.0556. The summed E-state index contributed by atoms with van der Waals surface area (Å²) in [6.07, 6.45) is 7.25. The van der Waals surface area contributed by atoms with Gasteiger partial charge in [-0.1, -0.05) is 6.07 Å². The van der Waals surface area contributed by atoms with E-state index in [1.165, 1.54) is 12.1 Å². The first-order chi connectivity index (χ1) is 11.2. The normalized spacial score (nSPS) is 11.0. The maximum absolute atomic E-state index is 13.2. The van der Waals surface area contributed by atoms with Crippen LogP contribution in [-0.2, 0) is 0 Å². The van der Waals surface area contributed by atoms with Crippen molar-refractivity contribution < 1.29 is 4.39 Å². The number of rotatable bonds is 2. The monoisotopic (exact) mass is 304 g/mol. The number of benzene rings is 1. The van der Waals surface area contributed by atoms with Crippen molar-refractivity contribution >= 4 is 5.65 Å². The van der Waals surface area contributed by atoms with Gasteiger partial charge in [-0.25, -0.2) is 13.9 Å². The molecule has 0 fully saturated rings. The Morgan fingerprint density at radius 1 is 1.00 bits per heavy atom. The minimum absolute atomic E-state index is 0.269. The van der Waals surface area contributed by atoms with E-state index in [2.05, 4.69) is 15.1 Å². The molecule has 5 heteroatoms. The van der Waals surface area contributed by atoms with Crippen molar-refractivity contribution in [1.82, 2.24) is 19.6 Å². The highest BCUT2D eigenvalue weighted by atomic mass is 19.1. The van der Waals surface area contributed by atoms with Gasteiger partial charge < -0.3 is 0 Å². The summed E-state index contributed by atoms with van der Waals surface area (Å²) in [6, 6.07) is 10.2. The summed E-state index contributed by atoms with van der Waals surface area (Å²) in [5.74, 6) is -0.269. The Balaban J connectivity index is 2.04. The van der Waals surface area contributed by atoms with Crippen LogP contribution in [0.3, 0.4) is 0 Å². The molecule has 0 aliphatic heterocycles. The Morgan fingerprint density at radius 3 is 2.57 bits per heavy atom. The number of hydrogen-bond acceptors (Lipinski definition) is 3. The molecular weight excluding hydrogens is 291 g/mol. The molecule has 0 spiro atoms. The molecule has 0 saturated carbocycles. The molecule has 0 aliphatic carbocycles. The van der Waals surface area contributed by atoms with Crippen molar-refractivity contribution in [3.8, 4) is 22.4 Å². The molecule has 4 nitrogen and oxygen atoms in total. The molecule has 0 aliphatic rings. The van der Waals surface area contributed by atoms with E-state index in [4.69, 9.17) is 0 Å². The van der Waals surface area contributed by atoms with Gasteiger partial charge >= 0.3 is 0 Å². The molecule has 23 heavy (non-hydrogen) atoms. The number of hydrogen-bond donors (Lipinski definition) is 0. The minimum Gasteiger partial charge on any atom is -0.264 e. The van der Waals surface area contributed by atoms with Gasteiger partial charge in [0.1, 0.15) is 11.5 Å². The average molecular weight is 304 g/mol. The van der Waals surface area contributed by atoms with Crippen molar-refractivity contribution in [3.05, 3.63) is 72.6 Å².